The molecule has 0 aliphatic heterocycles. The van der Waals surface area contributed by atoms with Gasteiger partial charge in [-0.1, -0.05) is 206 Å². The first kappa shape index (κ1) is 52.2. The SMILES string of the molecule is CCCCCCCCCCCCCCCCCCN(CCCN)CCCCN(CCCCCCCCCCCCCCCCCC)CCCNC(N)=O. The van der Waals surface area contributed by atoms with Gasteiger partial charge in [0.05, 0.1) is 0 Å². The fraction of sp³-hybridized carbons (Fsp3) is 0.979. The molecule has 0 unspecified atom stereocenters. The van der Waals surface area contributed by atoms with Crippen molar-refractivity contribution in [2.75, 3.05) is 52.4 Å². The molecule has 0 spiro atoms. The fourth-order valence-electron chi connectivity index (χ4n) is 7.94. The highest BCUT2D eigenvalue weighted by molar-refractivity contribution is 5.71. The Morgan fingerprint density at radius 1 is 0.358 bits per heavy atom. The lowest BCUT2D eigenvalue weighted by molar-refractivity contribution is 0.230. The van der Waals surface area contributed by atoms with Crippen molar-refractivity contribution in [1.29, 1.82) is 0 Å². The number of carbonyl (C=O) groups excluding carboxylic acids is 1. The molecule has 0 fully saturated rings. The number of amides is 2. The summed E-state index contributed by atoms with van der Waals surface area (Å²) in [6, 6.07) is -0.406. The largest absolute Gasteiger partial charge is 0.352 e. The van der Waals surface area contributed by atoms with Crippen LogP contribution < -0.4 is 16.8 Å². The zero-order valence-electron chi connectivity index (χ0n) is 36.6. The minimum atomic E-state index is -0.406. The molecule has 0 heterocycles. The van der Waals surface area contributed by atoms with E-state index in [1.807, 2.05) is 0 Å². The maximum Gasteiger partial charge on any atom is 0.312 e. The average molecular weight is 750 g/mol. The number of nitrogens with one attached hydrogen (secondary N) is 1. The molecule has 5 N–H and O–H groups in total. The van der Waals surface area contributed by atoms with Crippen LogP contribution in [-0.4, -0.2) is 68.2 Å². The maximum atomic E-state index is 11.1. The first-order valence-corrected chi connectivity index (χ1v) is 24.3. The minimum Gasteiger partial charge on any atom is -0.352 e. The molecule has 0 saturated heterocycles. The Morgan fingerprint density at radius 3 is 0.849 bits per heavy atom. The van der Waals surface area contributed by atoms with Gasteiger partial charge in [-0.2, -0.15) is 0 Å². The van der Waals surface area contributed by atoms with Crippen molar-refractivity contribution in [3.8, 4) is 0 Å². The molecule has 6 heteroatoms. The standard InChI is InChI=1S/C47H99N5O/c1-3-5-7-9-11-13-15-17-19-21-23-25-27-29-31-33-41-51(45-37-39-48)43-35-36-44-52(46-38-40-50-47(49)53)42-34-32-30-28-26-24-22-20-18-16-14-12-10-8-6-4-2/h3-46,48H2,1-2H3,(H3,49,50,53). The molecule has 318 valence electrons. The number of hydrogen-bond acceptors (Lipinski definition) is 4. The molecular weight excluding hydrogens is 651 g/mol. The molecule has 0 radical (unpaired) electrons. The van der Waals surface area contributed by atoms with Gasteiger partial charge in [-0.05, 0) is 84.3 Å². The van der Waals surface area contributed by atoms with Gasteiger partial charge in [0, 0.05) is 6.54 Å². The van der Waals surface area contributed by atoms with Crippen molar-refractivity contribution in [2.24, 2.45) is 11.5 Å². The number of hydrogen-bond donors (Lipinski definition) is 3. The summed E-state index contributed by atoms with van der Waals surface area (Å²) in [6.45, 7) is 13.1. The van der Waals surface area contributed by atoms with Gasteiger partial charge in [0.15, 0.2) is 0 Å². The molecule has 0 atom stereocenters. The van der Waals surface area contributed by atoms with E-state index in [2.05, 4.69) is 29.0 Å². The lowest BCUT2D eigenvalue weighted by atomic mass is 10.0. The molecule has 0 aromatic carbocycles. The first-order valence-electron chi connectivity index (χ1n) is 24.3. The highest BCUT2D eigenvalue weighted by Gasteiger charge is 2.08. The maximum absolute atomic E-state index is 11.1. The van der Waals surface area contributed by atoms with Crippen molar-refractivity contribution < 1.29 is 4.79 Å². The van der Waals surface area contributed by atoms with E-state index < -0.39 is 6.03 Å². The van der Waals surface area contributed by atoms with E-state index in [1.165, 1.54) is 244 Å². The number of nitrogens with two attached hydrogens (primary N) is 2. The van der Waals surface area contributed by atoms with Crippen LogP contribution in [0.15, 0.2) is 0 Å². The Labute approximate surface area is 333 Å². The quantitative estimate of drug-likeness (QED) is 0.0541. The highest BCUT2D eigenvalue weighted by Crippen LogP contribution is 2.16. The summed E-state index contributed by atoms with van der Waals surface area (Å²) in [5, 5.41) is 2.78. The van der Waals surface area contributed by atoms with Gasteiger partial charge in [0.25, 0.3) is 0 Å². The minimum absolute atomic E-state index is 0.406. The summed E-state index contributed by atoms with van der Waals surface area (Å²) in [5.41, 5.74) is 11.2. The first-order chi connectivity index (χ1) is 26.1. The van der Waals surface area contributed by atoms with Gasteiger partial charge in [-0.25, -0.2) is 4.79 Å². The number of nitrogens with zero attached hydrogens (tertiary/aromatic N) is 2. The van der Waals surface area contributed by atoms with Gasteiger partial charge in [-0.15, -0.1) is 0 Å². The topological polar surface area (TPSA) is 87.6 Å². The van der Waals surface area contributed by atoms with Crippen molar-refractivity contribution in [2.45, 2.75) is 245 Å². The van der Waals surface area contributed by atoms with Gasteiger partial charge in [0.2, 0.25) is 0 Å². The number of rotatable bonds is 46. The average Bonchev–Trinajstić information content (AvgIpc) is 3.15. The zero-order chi connectivity index (χ0) is 38.6. The Kier molecular flexibility index (Phi) is 44.8. The molecule has 0 aromatic heterocycles. The molecule has 2 amide bonds. The van der Waals surface area contributed by atoms with Crippen LogP contribution in [-0.2, 0) is 0 Å². The third kappa shape index (κ3) is 43.7. The summed E-state index contributed by atoms with van der Waals surface area (Å²) in [4.78, 5) is 16.5. The monoisotopic (exact) mass is 750 g/mol. The molecule has 6 nitrogen and oxygen atoms in total. The second-order valence-corrected chi connectivity index (χ2v) is 16.8. The van der Waals surface area contributed by atoms with E-state index in [0.29, 0.717) is 6.54 Å². The summed E-state index contributed by atoms with van der Waals surface area (Å²) < 4.78 is 0. The predicted molar refractivity (Wildman–Crippen MR) is 237 cm³/mol. The molecule has 0 bridgehead atoms. The van der Waals surface area contributed by atoms with E-state index in [4.69, 9.17) is 11.5 Å². The van der Waals surface area contributed by atoms with Crippen molar-refractivity contribution in [3.63, 3.8) is 0 Å². The van der Waals surface area contributed by atoms with Crippen LogP contribution in [0.1, 0.15) is 245 Å². The van der Waals surface area contributed by atoms with Crippen LogP contribution in [0.3, 0.4) is 0 Å². The van der Waals surface area contributed by atoms with Gasteiger partial charge in [0.1, 0.15) is 0 Å². The molecular formula is C47H99N5O. The highest BCUT2D eigenvalue weighted by atomic mass is 16.2. The number of unbranched alkanes of at least 4 members (excludes halogenated alkanes) is 31. The normalized spacial score (nSPS) is 11.7. The molecule has 0 saturated carbocycles. The van der Waals surface area contributed by atoms with E-state index in [1.54, 1.807) is 0 Å². The predicted octanol–water partition coefficient (Wildman–Crippen LogP) is 13.3. The van der Waals surface area contributed by atoms with Gasteiger partial charge in [-0.3, -0.25) is 0 Å². The van der Waals surface area contributed by atoms with Crippen LogP contribution in [0.2, 0.25) is 0 Å². The Balaban J connectivity index is 4.02. The molecule has 53 heavy (non-hydrogen) atoms. The fourth-order valence-corrected chi connectivity index (χ4v) is 7.94. The van der Waals surface area contributed by atoms with E-state index in [0.717, 1.165) is 32.5 Å². The molecule has 0 rings (SSSR count). The second-order valence-electron chi connectivity index (χ2n) is 16.8. The van der Waals surface area contributed by atoms with E-state index in [9.17, 15) is 4.79 Å². The summed E-state index contributed by atoms with van der Waals surface area (Å²) in [5.74, 6) is 0. The van der Waals surface area contributed by atoms with Gasteiger partial charge < -0.3 is 26.6 Å². The summed E-state index contributed by atoms with van der Waals surface area (Å²) >= 11 is 0. The van der Waals surface area contributed by atoms with Crippen molar-refractivity contribution in [3.05, 3.63) is 0 Å². The lowest BCUT2D eigenvalue weighted by Gasteiger charge is -2.25. The molecule has 0 aromatic rings. The third-order valence-electron chi connectivity index (χ3n) is 11.5. The van der Waals surface area contributed by atoms with Gasteiger partial charge >= 0.3 is 6.03 Å². The zero-order valence-corrected chi connectivity index (χ0v) is 36.6. The summed E-state index contributed by atoms with van der Waals surface area (Å²) in [6.07, 6.45) is 50.0. The number of primary amides is 1. The van der Waals surface area contributed by atoms with Crippen LogP contribution >= 0.6 is 0 Å². The molecule has 0 aliphatic carbocycles. The van der Waals surface area contributed by atoms with Crippen LogP contribution in [0.5, 0.6) is 0 Å². The van der Waals surface area contributed by atoms with Crippen molar-refractivity contribution >= 4 is 6.03 Å². The third-order valence-corrected chi connectivity index (χ3v) is 11.5. The number of urea groups is 1. The van der Waals surface area contributed by atoms with Crippen molar-refractivity contribution in [1.82, 2.24) is 15.1 Å². The Morgan fingerprint density at radius 2 is 0.585 bits per heavy atom. The number of carbonyl (C=O) groups is 1. The van der Waals surface area contributed by atoms with Crippen LogP contribution in [0.4, 0.5) is 4.79 Å². The summed E-state index contributed by atoms with van der Waals surface area (Å²) in [7, 11) is 0. The van der Waals surface area contributed by atoms with Crippen LogP contribution in [0.25, 0.3) is 0 Å². The Hall–Kier alpha value is -0.850. The van der Waals surface area contributed by atoms with E-state index >= 15 is 0 Å². The smallest absolute Gasteiger partial charge is 0.312 e. The molecule has 0 aliphatic rings. The second kappa shape index (κ2) is 45.5. The van der Waals surface area contributed by atoms with Crippen LogP contribution in [0, 0.1) is 0 Å². The lowest BCUT2D eigenvalue weighted by Crippen LogP contribution is -2.34. The van der Waals surface area contributed by atoms with E-state index in [-0.39, 0.29) is 0 Å². The Bertz CT molecular complexity index is 692.